The fraction of sp³-hybridized carbons (Fsp3) is 0.182. The van der Waals surface area contributed by atoms with Crippen LogP contribution in [0.5, 0.6) is 0 Å². The molecule has 17 heavy (non-hydrogen) atoms. The molecule has 0 aliphatic heterocycles. The van der Waals surface area contributed by atoms with E-state index in [0.29, 0.717) is 5.01 Å². The summed E-state index contributed by atoms with van der Waals surface area (Å²) in [7, 11) is 0. The fourth-order valence-corrected chi connectivity index (χ4v) is 2.04. The third-order valence-electron chi connectivity index (χ3n) is 2.11. The molecule has 2 aromatic rings. The van der Waals surface area contributed by atoms with Crippen molar-refractivity contribution in [2.24, 2.45) is 5.73 Å². The van der Waals surface area contributed by atoms with Gasteiger partial charge in [-0.05, 0) is 13.0 Å². The second-order valence-electron chi connectivity index (χ2n) is 3.58. The molecule has 0 aromatic carbocycles. The molecule has 2 aromatic heterocycles. The van der Waals surface area contributed by atoms with Crippen LogP contribution in [0.1, 0.15) is 34.0 Å². The summed E-state index contributed by atoms with van der Waals surface area (Å²) in [4.78, 5) is 19.7. The van der Waals surface area contributed by atoms with Crippen molar-refractivity contribution >= 4 is 17.1 Å². The van der Waals surface area contributed by atoms with Gasteiger partial charge in [-0.2, -0.15) is 0 Å². The zero-order valence-corrected chi connectivity index (χ0v) is 9.87. The molecule has 0 bridgehead atoms. The molecule has 2 N–H and O–H groups in total. The number of hydrogen-bond acceptors (Lipinski definition) is 5. The summed E-state index contributed by atoms with van der Waals surface area (Å²) < 4.78 is 12.9. The second kappa shape index (κ2) is 4.68. The van der Waals surface area contributed by atoms with E-state index in [-0.39, 0.29) is 23.1 Å². The van der Waals surface area contributed by atoms with Crippen LogP contribution in [-0.4, -0.2) is 15.8 Å². The van der Waals surface area contributed by atoms with Crippen molar-refractivity contribution in [2.75, 3.05) is 0 Å². The lowest BCUT2D eigenvalue weighted by Crippen LogP contribution is -2.07. The Morgan fingerprint density at radius 1 is 1.53 bits per heavy atom. The molecule has 2 heterocycles. The number of ketones is 1. The summed E-state index contributed by atoms with van der Waals surface area (Å²) in [6, 6.07) is 0.924. The number of thiazole rings is 1. The van der Waals surface area contributed by atoms with Gasteiger partial charge in [-0.25, -0.2) is 9.37 Å². The van der Waals surface area contributed by atoms with Crippen molar-refractivity contribution in [3.05, 3.63) is 45.9 Å². The summed E-state index contributed by atoms with van der Waals surface area (Å²) in [6.07, 6.45) is 2.36. The van der Waals surface area contributed by atoms with E-state index in [2.05, 4.69) is 9.97 Å². The smallest absolute Gasteiger partial charge is 0.213 e. The van der Waals surface area contributed by atoms with E-state index >= 15 is 0 Å². The van der Waals surface area contributed by atoms with Gasteiger partial charge in [-0.1, -0.05) is 0 Å². The molecule has 0 fully saturated rings. The Kier molecular flexibility index (Phi) is 3.26. The average molecular weight is 251 g/mol. The lowest BCUT2D eigenvalue weighted by molar-refractivity contribution is 0.103. The topological polar surface area (TPSA) is 68.9 Å². The molecule has 0 aliphatic rings. The molecule has 1 unspecified atom stereocenters. The van der Waals surface area contributed by atoms with Crippen LogP contribution in [0, 0.1) is 5.82 Å². The largest absolute Gasteiger partial charge is 0.322 e. The third-order valence-corrected chi connectivity index (χ3v) is 3.16. The number of carbonyl (C=O) groups is 1. The van der Waals surface area contributed by atoms with Crippen molar-refractivity contribution in [1.82, 2.24) is 9.97 Å². The van der Waals surface area contributed by atoms with Crippen molar-refractivity contribution < 1.29 is 9.18 Å². The summed E-state index contributed by atoms with van der Waals surface area (Å²) in [5.41, 5.74) is 6.11. The molecule has 0 radical (unpaired) electrons. The van der Waals surface area contributed by atoms with Gasteiger partial charge in [0.1, 0.15) is 16.5 Å². The van der Waals surface area contributed by atoms with Gasteiger partial charge < -0.3 is 5.73 Å². The number of rotatable bonds is 3. The average Bonchev–Trinajstić information content (AvgIpc) is 2.77. The van der Waals surface area contributed by atoms with E-state index in [1.54, 1.807) is 12.3 Å². The van der Waals surface area contributed by atoms with Gasteiger partial charge >= 0.3 is 0 Å². The summed E-state index contributed by atoms with van der Waals surface area (Å²) in [5, 5.41) is 2.30. The van der Waals surface area contributed by atoms with Crippen LogP contribution >= 0.6 is 11.3 Å². The fourth-order valence-electron chi connectivity index (χ4n) is 1.28. The minimum absolute atomic E-state index is 0.187. The Morgan fingerprint density at radius 2 is 2.29 bits per heavy atom. The summed E-state index contributed by atoms with van der Waals surface area (Å²) >= 11 is 1.31. The van der Waals surface area contributed by atoms with Gasteiger partial charge in [-0.3, -0.25) is 9.78 Å². The Labute approximate surface area is 101 Å². The molecular formula is C11H10FN3OS. The van der Waals surface area contributed by atoms with Crippen LogP contribution in [0.15, 0.2) is 23.8 Å². The first kappa shape index (κ1) is 11.8. The molecule has 0 amide bonds. The minimum atomic E-state index is -0.543. The van der Waals surface area contributed by atoms with Gasteiger partial charge in [-0.15, -0.1) is 11.3 Å². The number of aromatic nitrogens is 2. The van der Waals surface area contributed by atoms with Crippen molar-refractivity contribution in [2.45, 2.75) is 13.0 Å². The maximum Gasteiger partial charge on any atom is 0.213 e. The standard InChI is InChI=1S/C11H10FN3OS/c1-6(13)11-15-9(5-17-11)10(16)7-2-8(12)4-14-3-7/h2-6H,13H2,1H3. The monoisotopic (exact) mass is 251 g/mol. The Morgan fingerprint density at radius 3 is 2.88 bits per heavy atom. The highest BCUT2D eigenvalue weighted by Crippen LogP contribution is 2.18. The zero-order valence-electron chi connectivity index (χ0n) is 9.05. The molecule has 2 rings (SSSR count). The number of halogens is 1. The number of nitrogens with two attached hydrogens (primary N) is 1. The van der Waals surface area contributed by atoms with Gasteiger partial charge in [0.15, 0.2) is 0 Å². The number of nitrogens with zero attached hydrogens (tertiary/aromatic N) is 2. The predicted molar refractivity (Wildman–Crippen MR) is 62.3 cm³/mol. The maximum atomic E-state index is 12.9. The second-order valence-corrected chi connectivity index (χ2v) is 4.47. The highest BCUT2D eigenvalue weighted by molar-refractivity contribution is 7.09. The van der Waals surface area contributed by atoms with E-state index in [1.807, 2.05) is 0 Å². The maximum absolute atomic E-state index is 12.9. The summed E-state index contributed by atoms with van der Waals surface area (Å²) in [5.74, 6) is -0.890. The Balaban J connectivity index is 2.30. The molecule has 6 heteroatoms. The van der Waals surface area contributed by atoms with Gasteiger partial charge in [0.2, 0.25) is 5.78 Å². The number of carbonyl (C=O) groups excluding carboxylic acids is 1. The molecule has 4 nitrogen and oxygen atoms in total. The van der Waals surface area contributed by atoms with Crippen LogP contribution in [0.3, 0.4) is 0 Å². The molecule has 88 valence electrons. The molecule has 0 saturated carbocycles. The van der Waals surface area contributed by atoms with E-state index < -0.39 is 5.82 Å². The van der Waals surface area contributed by atoms with Crippen LogP contribution < -0.4 is 5.73 Å². The number of pyridine rings is 1. The predicted octanol–water partition coefficient (Wildman–Crippen LogP) is 1.93. The first-order valence-electron chi connectivity index (χ1n) is 4.94. The van der Waals surface area contributed by atoms with Crippen LogP contribution in [0.2, 0.25) is 0 Å². The van der Waals surface area contributed by atoms with Crippen molar-refractivity contribution in [1.29, 1.82) is 0 Å². The van der Waals surface area contributed by atoms with Crippen LogP contribution in [0.25, 0.3) is 0 Å². The van der Waals surface area contributed by atoms with E-state index in [4.69, 9.17) is 5.73 Å². The molecule has 1 atom stereocenters. The SMILES string of the molecule is CC(N)c1nc(C(=O)c2cncc(F)c2)cs1. The first-order chi connectivity index (χ1) is 8.08. The Hall–Kier alpha value is -1.66. The molecule has 0 spiro atoms. The quantitative estimate of drug-likeness (QED) is 0.846. The van der Waals surface area contributed by atoms with E-state index in [1.165, 1.54) is 17.5 Å². The first-order valence-corrected chi connectivity index (χ1v) is 5.82. The van der Waals surface area contributed by atoms with Crippen molar-refractivity contribution in [3.63, 3.8) is 0 Å². The number of hydrogen-bond donors (Lipinski definition) is 1. The lowest BCUT2D eigenvalue weighted by atomic mass is 10.1. The van der Waals surface area contributed by atoms with Crippen molar-refractivity contribution in [3.8, 4) is 0 Å². The molecule has 0 aliphatic carbocycles. The van der Waals surface area contributed by atoms with Crippen LogP contribution in [0.4, 0.5) is 4.39 Å². The highest BCUT2D eigenvalue weighted by Gasteiger charge is 2.15. The highest BCUT2D eigenvalue weighted by atomic mass is 32.1. The minimum Gasteiger partial charge on any atom is -0.322 e. The normalized spacial score (nSPS) is 12.4. The molecular weight excluding hydrogens is 241 g/mol. The Bertz CT molecular complexity index is 553. The molecule has 0 saturated heterocycles. The third kappa shape index (κ3) is 2.54. The van der Waals surface area contributed by atoms with Gasteiger partial charge in [0, 0.05) is 17.1 Å². The van der Waals surface area contributed by atoms with Gasteiger partial charge in [0.05, 0.1) is 12.2 Å². The lowest BCUT2D eigenvalue weighted by Gasteiger charge is -1.98. The summed E-state index contributed by atoms with van der Waals surface area (Å²) in [6.45, 7) is 1.79. The zero-order chi connectivity index (χ0) is 12.4. The van der Waals surface area contributed by atoms with E-state index in [9.17, 15) is 9.18 Å². The van der Waals surface area contributed by atoms with E-state index in [0.717, 1.165) is 12.3 Å². The van der Waals surface area contributed by atoms with Crippen LogP contribution in [-0.2, 0) is 0 Å². The van der Waals surface area contributed by atoms with Gasteiger partial charge in [0.25, 0.3) is 0 Å².